The first-order valence-electron chi connectivity index (χ1n) is 12.5. The molecule has 0 aliphatic carbocycles. The van der Waals surface area contributed by atoms with Crippen molar-refractivity contribution in [1.29, 1.82) is 0 Å². The number of carbonyl (C=O) groups is 3. The van der Waals surface area contributed by atoms with Crippen molar-refractivity contribution in [3.05, 3.63) is 82.8 Å². The number of carbonyl (C=O) groups excluding carboxylic acids is 3. The Balaban J connectivity index is 1.84. The third kappa shape index (κ3) is 9.18. The van der Waals surface area contributed by atoms with E-state index in [9.17, 15) is 32.3 Å². The minimum absolute atomic E-state index is 0.00888. The van der Waals surface area contributed by atoms with E-state index in [4.69, 9.17) is 16.2 Å². The number of amides is 2. The number of nitrogens with two attached hydrogens (primary N) is 2. The van der Waals surface area contributed by atoms with Crippen LogP contribution in [-0.4, -0.2) is 52.1 Å². The van der Waals surface area contributed by atoms with E-state index in [1.807, 2.05) is 5.32 Å². The molecule has 1 atom stereocenters. The van der Waals surface area contributed by atoms with E-state index in [0.29, 0.717) is 11.1 Å². The molecule has 12 nitrogen and oxygen atoms in total. The van der Waals surface area contributed by atoms with Crippen LogP contribution < -0.4 is 27.7 Å². The highest BCUT2D eigenvalue weighted by atomic mass is 19.4. The monoisotopic (exact) mass is 587 g/mol. The molecule has 0 saturated carbocycles. The van der Waals surface area contributed by atoms with E-state index in [1.165, 1.54) is 0 Å². The van der Waals surface area contributed by atoms with Crippen LogP contribution in [0.3, 0.4) is 0 Å². The average Bonchev–Trinajstić information content (AvgIpc) is 2.95. The number of Topliss-reactive ketones (excluding diaryl/α,β-unsaturated/α-hetero) is 1. The number of ether oxygens (including phenoxy) is 1. The predicted octanol–water partition coefficient (Wildman–Crippen LogP) is 2.33. The molecule has 1 aromatic heterocycles. The van der Waals surface area contributed by atoms with Gasteiger partial charge in [-0.25, -0.2) is 9.78 Å². The van der Waals surface area contributed by atoms with Crippen LogP contribution in [0.5, 0.6) is 0 Å². The van der Waals surface area contributed by atoms with Crippen molar-refractivity contribution in [2.45, 2.75) is 38.2 Å². The molecular weight excluding hydrogens is 559 g/mol. The zero-order valence-electron chi connectivity index (χ0n) is 22.1. The molecule has 0 saturated heterocycles. The molecule has 15 heteroatoms. The Morgan fingerprint density at radius 2 is 1.67 bits per heavy atom. The van der Waals surface area contributed by atoms with Crippen LogP contribution in [0.15, 0.2) is 76.6 Å². The predicted molar refractivity (Wildman–Crippen MR) is 147 cm³/mol. The fraction of sp³-hybridized carbons (Fsp3) is 0.259. The maximum absolute atomic E-state index is 13.3. The van der Waals surface area contributed by atoms with E-state index in [-0.39, 0.29) is 37.0 Å². The van der Waals surface area contributed by atoms with E-state index in [0.717, 1.165) is 10.8 Å². The summed E-state index contributed by atoms with van der Waals surface area (Å²) in [5, 5.41) is 4.32. The number of aromatic nitrogens is 2. The van der Waals surface area contributed by atoms with Crippen LogP contribution in [0.4, 0.5) is 23.7 Å². The fourth-order valence-corrected chi connectivity index (χ4v) is 3.76. The molecule has 0 radical (unpaired) electrons. The summed E-state index contributed by atoms with van der Waals surface area (Å²) in [7, 11) is 0. The van der Waals surface area contributed by atoms with E-state index >= 15 is 0 Å². The number of guanidine groups is 1. The second kappa shape index (κ2) is 14.4. The van der Waals surface area contributed by atoms with Crippen LogP contribution in [0.25, 0.3) is 11.4 Å². The summed E-state index contributed by atoms with van der Waals surface area (Å²) in [5.41, 5.74) is 10.3. The average molecular weight is 588 g/mol. The lowest BCUT2D eigenvalue weighted by Crippen LogP contribution is -2.48. The molecule has 6 N–H and O–H groups in total. The van der Waals surface area contributed by atoms with Gasteiger partial charge in [0.25, 0.3) is 11.3 Å². The van der Waals surface area contributed by atoms with Crippen molar-refractivity contribution in [1.82, 2.24) is 14.9 Å². The molecule has 0 fully saturated rings. The standard InChI is InChI=1S/C27H28F3N7O5/c28-27(29,30)22(39)19(12-7-13-33-25(31)32)35-21(38)15-37-23(18-10-5-2-6-11-18)34-14-20(24(37)40)36-26(41)42-16-17-8-3-1-4-9-17/h1-6,8-11,14,19H,7,12-13,15-16H2,(H,35,38)(H,36,41)(H4,31,32,33). The van der Waals surface area contributed by atoms with Gasteiger partial charge in [-0.1, -0.05) is 60.7 Å². The Morgan fingerprint density at radius 1 is 1.02 bits per heavy atom. The Bertz CT molecular complexity index is 1470. The minimum Gasteiger partial charge on any atom is -0.444 e. The van der Waals surface area contributed by atoms with Gasteiger partial charge in [-0.05, 0) is 18.4 Å². The van der Waals surface area contributed by atoms with E-state index in [1.54, 1.807) is 60.7 Å². The fourth-order valence-electron chi connectivity index (χ4n) is 3.76. The Labute approximate surface area is 237 Å². The van der Waals surface area contributed by atoms with Gasteiger partial charge < -0.3 is 21.5 Å². The molecule has 0 aliphatic rings. The molecule has 1 heterocycles. The van der Waals surface area contributed by atoms with Gasteiger partial charge >= 0.3 is 12.3 Å². The number of nitrogens with zero attached hydrogens (tertiary/aromatic N) is 3. The van der Waals surface area contributed by atoms with Gasteiger partial charge in [0, 0.05) is 12.1 Å². The van der Waals surface area contributed by atoms with Crippen LogP contribution >= 0.6 is 0 Å². The third-order valence-corrected chi connectivity index (χ3v) is 5.71. The van der Waals surface area contributed by atoms with Gasteiger partial charge in [0.2, 0.25) is 5.91 Å². The molecule has 2 aromatic carbocycles. The molecule has 3 rings (SSSR count). The number of alkyl halides is 3. The Morgan fingerprint density at radius 3 is 2.29 bits per heavy atom. The minimum atomic E-state index is -5.23. The maximum atomic E-state index is 13.3. The number of halogens is 3. The van der Waals surface area contributed by atoms with Crippen LogP contribution in [0.2, 0.25) is 0 Å². The van der Waals surface area contributed by atoms with Crippen molar-refractivity contribution in [2.24, 2.45) is 16.5 Å². The number of rotatable bonds is 12. The summed E-state index contributed by atoms with van der Waals surface area (Å²) in [4.78, 5) is 58.5. The quantitative estimate of drug-likeness (QED) is 0.141. The highest BCUT2D eigenvalue weighted by molar-refractivity contribution is 5.92. The number of benzene rings is 2. The smallest absolute Gasteiger partial charge is 0.444 e. The summed E-state index contributed by atoms with van der Waals surface area (Å²) >= 11 is 0. The summed E-state index contributed by atoms with van der Waals surface area (Å²) in [6.07, 6.45) is -5.60. The lowest BCUT2D eigenvalue weighted by Gasteiger charge is -2.20. The lowest BCUT2D eigenvalue weighted by atomic mass is 10.1. The second-order valence-electron chi connectivity index (χ2n) is 8.87. The van der Waals surface area contributed by atoms with E-state index in [2.05, 4.69) is 15.3 Å². The van der Waals surface area contributed by atoms with Gasteiger partial charge in [0.1, 0.15) is 24.7 Å². The first-order chi connectivity index (χ1) is 20.0. The van der Waals surface area contributed by atoms with Crippen LogP contribution in [-0.2, 0) is 27.5 Å². The molecule has 2 amide bonds. The largest absolute Gasteiger partial charge is 0.452 e. The first-order valence-corrected chi connectivity index (χ1v) is 12.5. The number of hydrogen-bond acceptors (Lipinski definition) is 7. The van der Waals surface area contributed by atoms with Gasteiger partial charge in [0.05, 0.1) is 12.2 Å². The van der Waals surface area contributed by atoms with Gasteiger partial charge in [-0.15, -0.1) is 0 Å². The summed E-state index contributed by atoms with van der Waals surface area (Å²) in [5.74, 6) is -3.55. The molecule has 0 bridgehead atoms. The van der Waals surface area contributed by atoms with Crippen molar-refractivity contribution in [3.8, 4) is 11.4 Å². The summed E-state index contributed by atoms with van der Waals surface area (Å²) < 4.78 is 45.7. The lowest BCUT2D eigenvalue weighted by molar-refractivity contribution is -0.174. The topological polar surface area (TPSA) is 184 Å². The highest BCUT2D eigenvalue weighted by Crippen LogP contribution is 2.20. The van der Waals surface area contributed by atoms with Crippen molar-refractivity contribution in [3.63, 3.8) is 0 Å². The van der Waals surface area contributed by atoms with Gasteiger partial charge in [-0.2, -0.15) is 13.2 Å². The SMILES string of the molecule is NC(N)=NCCCC(NC(=O)Cn1c(-c2ccccc2)ncc(NC(=O)OCc2ccccc2)c1=O)C(=O)C(F)(F)F. The van der Waals surface area contributed by atoms with Crippen LogP contribution in [0.1, 0.15) is 18.4 Å². The number of aliphatic imine (C=N–C) groups is 1. The molecule has 3 aromatic rings. The Kier molecular flexibility index (Phi) is 10.8. The molecule has 1 unspecified atom stereocenters. The second-order valence-corrected chi connectivity index (χ2v) is 8.87. The Hall–Kier alpha value is -5.21. The molecule has 222 valence electrons. The van der Waals surface area contributed by atoms with Crippen LogP contribution in [0, 0.1) is 0 Å². The van der Waals surface area contributed by atoms with Gasteiger partial charge in [0.15, 0.2) is 5.96 Å². The maximum Gasteiger partial charge on any atom is 0.452 e. The molecular formula is C27H28F3N7O5. The molecule has 0 spiro atoms. The number of hydrogen-bond donors (Lipinski definition) is 4. The number of anilines is 1. The number of ketones is 1. The zero-order valence-corrected chi connectivity index (χ0v) is 22.1. The highest BCUT2D eigenvalue weighted by Gasteiger charge is 2.43. The summed E-state index contributed by atoms with van der Waals surface area (Å²) in [6, 6.07) is 15.0. The normalized spacial score (nSPS) is 11.7. The molecule has 42 heavy (non-hydrogen) atoms. The number of nitrogens with one attached hydrogen (secondary N) is 2. The first kappa shape index (κ1) is 31.3. The van der Waals surface area contributed by atoms with E-state index < -0.39 is 48.5 Å². The molecule has 0 aliphatic heterocycles. The van der Waals surface area contributed by atoms with Crippen molar-refractivity contribution >= 4 is 29.4 Å². The van der Waals surface area contributed by atoms with Crippen molar-refractivity contribution < 1.29 is 32.3 Å². The third-order valence-electron chi connectivity index (χ3n) is 5.71. The van der Waals surface area contributed by atoms with Gasteiger partial charge in [-0.3, -0.25) is 29.3 Å². The zero-order chi connectivity index (χ0) is 30.7. The summed E-state index contributed by atoms with van der Waals surface area (Å²) in [6.45, 7) is -0.980. The van der Waals surface area contributed by atoms with Crippen molar-refractivity contribution in [2.75, 3.05) is 11.9 Å².